The van der Waals surface area contributed by atoms with Crippen molar-refractivity contribution in [2.24, 2.45) is 0 Å². The summed E-state index contributed by atoms with van der Waals surface area (Å²) in [5, 5.41) is 5.51. The van der Waals surface area contributed by atoms with Gasteiger partial charge in [-0.15, -0.1) is 0 Å². The van der Waals surface area contributed by atoms with Gasteiger partial charge in [0.25, 0.3) is 11.8 Å². The van der Waals surface area contributed by atoms with E-state index in [2.05, 4.69) is 5.32 Å². The third kappa shape index (κ3) is 6.08. The molecule has 27 heavy (non-hydrogen) atoms. The molecule has 0 radical (unpaired) electrons. The van der Waals surface area contributed by atoms with Gasteiger partial charge < -0.3 is 15.5 Å². The normalized spacial score (nSPS) is 11.7. The minimum absolute atomic E-state index is 0.00144. The predicted molar refractivity (Wildman–Crippen MR) is 109 cm³/mol. The van der Waals surface area contributed by atoms with Gasteiger partial charge in [-0.05, 0) is 57.2 Å². The fourth-order valence-corrected chi connectivity index (χ4v) is 3.01. The highest BCUT2D eigenvalue weighted by Crippen LogP contribution is 2.15. The minimum Gasteiger partial charge on any atom is -0.339 e. The topological polar surface area (TPSA) is 66.0 Å². The number of carbonyl (C=O) groups is 2. The molecule has 0 aromatic heterocycles. The van der Waals surface area contributed by atoms with Crippen molar-refractivity contribution >= 4 is 29.1 Å². The van der Waals surface area contributed by atoms with Gasteiger partial charge in [-0.1, -0.05) is 23.7 Å². The molecule has 0 unspecified atom stereocenters. The van der Waals surface area contributed by atoms with E-state index in [0.29, 0.717) is 35.9 Å². The lowest BCUT2D eigenvalue weighted by molar-refractivity contribution is -0.682. The van der Waals surface area contributed by atoms with Gasteiger partial charge in [-0.3, -0.25) is 9.59 Å². The van der Waals surface area contributed by atoms with Crippen molar-refractivity contribution in [2.45, 2.75) is 26.8 Å². The maximum absolute atomic E-state index is 12.3. The Bertz CT molecular complexity index is 773. The van der Waals surface area contributed by atoms with Gasteiger partial charge in [0.05, 0.1) is 0 Å². The van der Waals surface area contributed by atoms with Gasteiger partial charge >= 0.3 is 0 Å². The van der Waals surface area contributed by atoms with Gasteiger partial charge in [0, 0.05) is 34.9 Å². The Labute approximate surface area is 165 Å². The first kappa shape index (κ1) is 20.9. The third-order valence-corrected chi connectivity index (χ3v) is 4.73. The number of rotatable bonds is 8. The van der Waals surface area contributed by atoms with Crippen LogP contribution in [0.3, 0.4) is 0 Å². The standard InChI is InChI=1S/C21H26ClN3O2/c1-4-25(5-2)21(27)16-9-11-19(12-10-16)24-20(26)14-23-15(3)17-7-6-8-18(22)13-17/h6-13,15,23H,4-5,14H2,1-3H3,(H,24,26)/p+1/t15-/m0/s1. The average molecular weight is 389 g/mol. The predicted octanol–water partition coefficient (Wildman–Crippen LogP) is 3.09. The number of nitrogens with one attached hydrogen (secondary N) is 1. The minimum atomic E-state index is -0.0910. The summed E-state index contributed by atoms with van der Waals surface area (Å²) in [5.74, 6) is -0.0896. The zero-order valence-corrected chi connectivity index (χ0v) is 16.8. The fourth-order valence-electron chi connectivity index (χ4n) is 2.81. The van der Waals surface area contributed by atoms with E-state index in [9.17, 15) is 9.59 Å². The average Bonchev–Trinajstić information content (AvgIpc) is 2.67. The summed E-state index contributed by atoms with van der Waals surface area (Å²) in [4.78, 5) is 26.3. The van der Waals surface area contributed by atoms with Crippen LogP contribution in [0.2, 0.25) is 5.02 Å². The molecule has 3 N–H and O–H groups in total. The molecule has 0 spiro atoms. The lowest BCUT2D eigenvalue weighted by Gasteiger charge is -2.18. The lowest BCUT2D eigenvalue weighted by Crippen LogP contribution is -2.86. The number of carbonyl (C=O) groups excluding carboxylic acids is 2. The molecule has 0 saturated carbocycles. The van der Waals surface area contributed by atoms with Crippen molar-refractivity contribution in [2.75, 3.05) is 25.0 Å². The van der Waals surface area contributed by atoms with E-state index in [0.717, 1.165) is 5.56 Å². The number of anilines is 1. The molecular weight excluding hydrogens is 362 g/mol. The third-order valence-electron chi connectivity index (χ3n) is 4.50. The van der Waals surface area contributed by atoms with E-state index in [-0.39, 0.29) is 17.9 Å². The Hall–Kier alpha value is -2.37. The largest absolute Gasteiger partial charge is 0.339 e. The quantitative estimate of drug-likeness (QED) is 0.729. The molecule has 144 valence electrons. The second kappa shape index (κ2) is 10.1. The highest BCUT2D eigenvalue weighted by atomic mass is 35.5. The second-order valence-electron chi connectivity index (χ2n) is 6.39. The van der Waals surface area contributed by atoms with Crippen LogP contribution in [0, 0.1) is 0 Å². The van der Waals surface area contributed by atoms with Crippen molar-refractivity contribution < 1.29 is 14.9 Å². The summed E-state index contributed by atoms with van der Waals surface area (Å²) in [6, 6.07) is 14.8. The number of nitrogens with zero attached hydrogens (tertiary/aromatic N) is 1. The van der Waals surface area contributed by atoms with Crippen LogP contribution in [0.5, 0.6) is 0 Å². The highest BCUT2D eigenvalue weighted by Gasteiger charge is 2.14. The molecule has 0 aliphatic rings. The molecule has 6 heteroatoms. The Morgan fingerprint density at radius 2 is 1.78 bits per heavy atom. The molecule has 2 aromatic carbocycles. The maximum atomic E-state index is 12.3. The zero-order valence-electron chi connectivity index (χ0n) is 16.0. The smallest absolute Gasteiger partial charge is 0.279 e. The molecule has 0 aliphatic heterocycles. The summed E-state index contributed by atoms with van der Waals surface area (Å²) in [6.45, 7) is 7.59. The van der Waals surface area contributed by atoms with Gasteiger partial charge in [0.2, 0.25) is 0 Å². The molecule has 0 heterocycles. The molecule has 0 saturated heterocycles. The molecule has 1 atom stereocenters. The molecular formula is C21H27ClN3O2+. The van der Waals surface area contributed by atoms with Crippen LogP contribution in [-0.4, -0.2) is 36.3 Å². The van der Waals surface area contributed by atoms with E-state index in [4.69, 9.17) is 11.6 Å². The van der Waals surface area contributed by atoms with Gasteiger partial charge in [-0.25, -0.2) is 0 Å². The van der Waals surface area contributed by atoms with Crippen LogP contribution in [-0.2, 0) is 4.79 Å². The van der Waals surface area contributed by atoms with Crippen molar-refractivity contribution in [3.63, 3.8) is 0 Å². The van der Waals surface area contributed by atoms with Gasteiger partial charge in [-0.2, -0.15) is 0 Å². The molecule has 5 nitrogen and oxygen atoms in total. The first-order chi connectivity index (χ1) is 12.9. The van der Waals surface area contributed by atoms with Crippen LogP contribution >= 0.6 is 11.6 Å². The first-order valence-electron chi connectivity index (χ1n) is 9.22. The maximum Gasteiger partial charge on any atom is 0.279 e. The van der Waals surface area contributed by atoms with Crippen LogP contribution in [0.25, 0.3) is 0 Å². The molecule has 2 rings (SSSR count). The first-order valence-corrected chi connectivity index (χ1v) is 9.60. The van der Waals surface area contributed by atoms with E-state index in [1.807, 2.05) is 50.4 Å². The van der Waals surface area contributed by atoms with Crippen molar-refractivity contribution in [3.8, 4) is 0 Å². The summed E-state index contributed by atoms with van der Waals surface area (Å²) < 4.78 is 0. The molecule has 2 aromatic rings. The zero-order chi connectivity index (χ0) is 19.8. The number of amides is 2. The molecule has 2 amide bonds. The number of halogens is 1. The van der Waals surface area contributed by atoms with Crippen molar-refractivity contribution in [1.29, 1.82) is 0 Å². The molecule has 0 aliphatic carbocycles. The molecule has 0 bridgehead atoms. The lowest BCUT2D eigenvalue weighted by atomic mass is 10.1. The summed E-state index contributed by atoms with van der Waals surface area (Å²) in [7, 11) is 0. The van der Waals surface area contributed by atoms with E-state index in [1.165, 1.54) is 0 Å². The number of quaternary nitrogens is 1. The number of hydrogen-bond acceptors (Lipinski definition) is 2. The van der Waals surface area contributed by atoms with E-state index < -0.39 is 0 Å². The number of nitrogens with two attached hydrogens (primary N) is 1. The summed E-state index contributed by atoms with van der Waals surface area (Å²) in [6.07, 6.45) is 0. The molecule has 0 fully saturated rings. The Balaban J connectivity index is 1.87. The number of hydrogen-bond donors (Lipinski definition) is 2. The monoisotopic (exact) mass is 388 g/mol. The second-order valence-corrected chi connectivity index (χ2v) is 6.82. The van der Waals surface area contributed by atoms with Crippen molar-refractivity contribution in [1.82, 2.24) is 4.90 Å². The van der Waals surface area contributed by atoms with E-state index >= 15 is 0 Å². The van der Waals surface area contributed by atoms with Gasteiger partial charge in [0.15, 0.2) is 6.54 Å². The summed E-state index contributed by atoms with van der Waals surface area (Å²) >= 11 is 6.01. The highest BCUT2D eigenvalue weighted by molar-refractivity contribution is 6.30. The fraction of sp³-hybridized carbons (Fsp3) is 0.333. The Morgan fingerprint density at radius 1 is 1.11 bits per heavy atom. The van der Waals surface area contributed by atoms with Crippen LogP contribution < -0.4 is 10.6 Å². The SMILES string of the molecule is CCN(CC)C(=O)c1ccc(NC(=O)C[NH2+][C@@H](C)c2cccc(Cl)c2)cc1. The number of benzene rings is 2. The van der Waals surface area contributed by atoms with Crippen LogP contribution in [0.4, 0.5) is 5.69 Å². The van der Waals surface area contributed by atoms with Crippen LogP contribution in [0.15, 0.2) is 48.5 Å². The Morgan fingerprint density at radius 3 is 2.37 bits per heavy atom. The van der Waals surface area contributed by atoms with E-state index in [1.54, 1.807) is 29.2 Å². The van der Waals surface area contributed by atoms with Crippen molar-refractivity contribution in [3.05, 3.63) is 64.7 Å². The van der Waals surface area contributed by atoms with Gasteiger partial charge in [0.1, 0.15) is 6.04 Å². The Kier molecular flexibility index (Phi) is 7.82. The van der Waals surface area contributed by atoms with Crippen LogP contribution in [0.1, 0.15) is 42.7 Å². The summed E-state index contributed by atoms with van der Waals surface area (Å²) in [5.41, 5.74) is 2.38.